The molecule has 0 atom stereocenters. The molecule has 4 rings (SSSR count). The Bertz CT molecular complexity index is 830. The molecule has 2 saturated heterocycles. The highest BCUT2D eigenvalue weighted by atomic mass is 35.5. The number of benzene rings is 1. The number of halogens is 2. The van der Waals surface area contributed by atoms with Crippen LogP contribution in [0.4, 0.5) is 0 Å². The van der Waals surface area contributed by atoms with Crippen molar-refractivity contribution < 1.29 is 14.3 Å². The van der Waals surface area contributed by atoms with Crippen LogP contribution < -0.4 is 0 Å². The van der Waals surface area contributed by atoms with Crippen molar-refractivity contribution in [3.8, 4) is 0 Å². The molecule has 6 nitrogen and oxygen atoms in total. The lowest BCUT2D eigenvalue weighted by Crippen LogP contribution is -2.44. The van der Waals surface area contributed by atoms with Crippen LogP contribution in [0.25, 0.3) is 5.57 Å². The van der Waals surface area contributed by atoms with Crippen molar-refractivity contribution in [2.75, 3.05) is 52.5 Å². The van der Waals surface area contributed by atoms with Crippen molar-refractivity contribution in [2.24, 2.45) is 0 Å². The minimum atomic E-state index is -0.270. The molecule has 8 heteroatoms. The van der Waals surface area contributed by atoms with Crippen molar-refractivity contribution >= 4 is 40.6 Å². The number of imide groups is 1. The maximum atomic E-state index is 13.4. The summed E-state index contributed by atoms with van der Waals surface area (Å²) in [6.45, 7) is 5.58. The lowest BCUT2D eigenvalue weighted by molar-refractivity contribution is -0.138. The summed E-state index contributed by atoms with van der Waals surface area (Å²) in [4.78, 5) is 32.4. The molecule has 0 N–H and O–H groups in total. The first-order chi connectivity index (χ1) is 14.1. The number of piperidine rings is 1. The summed E-state index contributed by atoms with van der Waals surface area (Å²) in [5, 5.41) is 0.887. The Morgan fingerprint density at radius 2 is 1.62 bits per heavy atom. The molecule has 0 unspecified atom stereocenters. The third-order valence-electron chi connectivity index (χ3n) is 5.76. The van der Waals surface area contributed by atoms with Gasteiger partial charge < -0.3 is 9.64 Å². The van der Waals surface area contributed by atoms with Gasteiger partial charge in [-0.1, -0.05) is 29.3 Å². The summed E-state index contributed by atoms with van der Waals surface area (Å²) in [5.41, 5.74) is 1.46. The highest BCUT2D eigenvalue weighted by Crippen LogP contribution is 2.37. The first-order valence-corrected chi connectivity index (χ1v) is 10.9. The monoisotopic (exact) mass is 437 g/mol. The number of amides is 2. The summed E-state index contributed by atoms with van der Waals surface area (Å²) in [7, 11) is 0. The molecule has 3 aliphatic heterocycles. The van der Waals surface area contributed by atoms with E-state index in [1.54, 1.807) is 18.2 Å². The standard InChI is InChI=1S/C21H25Cl2N3O3/c22-15-4-5-16(17(23)14-15)18-19(25-6-2-1-3-7-25)21(28)26(20(18)27)9-8-24-10-12-29-13-11-24/h4-5,14H,1-3,6-13H2. The fraction of sp³-hybridized carbons (Fsp3) is 0.524. The number of hydrogen-bond donors (Lipinski definition) is 0. The Hall–Kier alpha value is -1.60. The fourth-order valence-corrected chi connectivity index (χ4v) is 4.68. The van der Waals surface area contributed by atoms with Gasteiger partial charge in [0.1, 0.15) is 5.70 Å². The van der Waals surface area contributed by atoms with Crippen LogP contribution in [0.3, 0.4) is 0 Å². The number of nitrogens with zero attached hydrogens (tertiary/aromatic N) is 3. The molecule has 3 aliphatic rings. The highest BCUT2D eigenvalue weighted by Gasteiger charge is 2.42. The summed E-state index contributed by atoms with van der Waals surface area (Å²) >= 11 is 12.5. The molecule has 0 saturated carbocycles. The molecule has 0 bridgehead atoms. The van der Waals surface area contributed by atoms with Gasteiger partial charge >= 0.3 is 0 Å². The minimum Gasteiger partial charge on any atom is -0.379 e. The van der Waals surface area contributed by atoms with Crippen molar-refractivity contribution in [3.05, 3.63) is 39.5 Å². The second kappa shape index (κ2) is 9.04. The van der Waals surface area contributed by atoms with Gasteiger partial charge in [-0.15, -0.1) is 0 Å². The van der Waals surface area contributed by atoms with Gasteiger partial charge in [0.2, 0.25) is 0 Å². The van der Waals surface area contributed by atoms with Crippen molar-refractivity contribution in [1.29, 1.82) is 0 Å². The Morgan fingerprint density at radius 1 is 0.897 bits per heavy atom. The third-order valence-corrected chi connectivity index (χ3v) is 6.31. The van der Waals surface area contributed by atoms with Gasteiger partial charge in [0.15, 0.2) is 0 Å². The predicted molar refractivity (Wildman–Crippen MR) is 113 cm³/mol. The van der Waals surface area contributed by atoms with Crippen LogP contribution in [0.15, 0.2) is 23.9 Å². The van der Waals surface area contributed by atoms with E-state index < -0.39 is 0 Å². The molecule has 3 heterocycles. The molecular weight excluding hydrogens is 413 g/mol. The fourth-order valence-electron chi connectivity index (χ4n) is 4.18. The molecular formula is C21H25Cl2N3O3. The van der Waals surface area contributed by atoms with Gasteiger partial charge in [0.25, 0.3) is 11.8 Å². The van der Waals surface area contributed by atoms with Gasteiger partial charge in [-0.3, -0.25) is 19.4 Å². The van der Waals surface area contributed by atoms with Crippen LogP contribution >= 0.6 is 23.2 Å². The lowest BCUT2D eigenvalue weighted by atomic mass is 10.0. The number of rotatable bonds is 5. The van der Waals surface area contributed by atoms with Crippen LogP contribution in [-0.2, 0) is 14.3 Å². The molecule has 0 aromatic heterocycles. The van der Waals surface area contributed by atoms with E-state index in [2.05, 4.69) is 9.80 Å². The zero-order valence-electron chi connectivity index (χ0n) is 16.3. The van der Waals surface area contributed by atoms with Gasteiger partial charge in [-0.2, -0.15) is 0 Å². The van der Waals surface area contributed by atoms with E-state index in [-0.39, 0.29) is 11.8 Å². The Balaban J connectivity index is 1.64. The quantitative estimate of drug-likeness (QED) is 0.662. The number of carbonyl (C=O) groups excluding carboxylic acids is 2. The molecule has 0 aliphatic carbocycles. The van der Waals surface area contributed by atoms with E-state index in [4.69, 9.17) is 27.9 Å². The molecule has 1 aromatic rings. The SMILES string of the molecule is O=C1C(c2ccc(Cl)cc2Cl)=C(N2CCCCC2)C(=O)N1CCN1CCOCC1. The third kappa shape index (κ3) is 4.31. The Morgan fingerprint density at radius 3 is 2.31 bits per heavy atom. The lowest BCUT2D eigenvalue weighted by Gasteiger charge is -2.30. The topological polar surface area (TPSA) is 53.1 Å². The average molecular weight is 438 g/mol. The van der Waals surface area contributed by atoms with Gasteiger partial charge in [-0.25, -0.2) is 0 Å². The smallest absolute Gasteiger partial charge is 0.277 e. The van der Waals surface area contributed by atoms with Crippen molar-refractivity contribution in [2.45, 2.75) is 19.3 Å². The van der Waals surface area contributed by atoms with Crippen molar-refractivity contribution in [3.63, 3.8) is 0 Å². The Kier molecular flexibility index (Phi) is 6.44. The van der Waals surface area contributed by atoms with E-state index in [0.29, 0.717) is 53.2 Å². The molecule has 0 radical (unpaired) electrons. The first kappa shape index (κ1) is 20.7. The molecule has 2 fully saturated rings. The maximum absolute atomic E-state index is 13.4. The van der Waals surface area contributed by atoms with E-state index >= 15 is 0 Å². The van der Waals surface area contributed by atoms with E-state index in [9.17, 15) is 9.59 Å². The summed E-state index contributed by atoms with van der Waals surface area (Å²) in [6.07, 6.45) is 3.17. The van der Waals surface area contributed by atoms with Gasteiger partial charge in [-0.05, 0) is 31.4 Å². The minimum absolute atomic E-state index is 0.217. The van der Waals surface area contributed by atoms with E-state index in [1.165, 1.54) is 4.90 Å². The largest absolute Gasteiger partial charge is 0.379 e. The van der Waals surface area contributed by atoms with Crippen LogP contribution in [0, 0.1) is 0 Å². The molecule has 29 heavy (non-hydrogen) atoms. The van der Waals surface area contributed by atoms with Gasteiger partial charge in [0.05, 0.1) is 23.8 Å². The number of hydrogen-bond acceptors (Lipinski definition) is 5. The zero-order valence-corrected chi connectivity index (χ0v) is 17.8. The second-order valence-electron chi connectivity index (χ2n) is 7.61. The van der Waals surface area contributed by atoms with Crippen molar-refractivity contribution in [1.82, 2.24) is 14.7 Å². The molecule has 156 valence electrons. The average Bonchev–Trinajstić information content (AvgIpc) is 2.98. The molecule has 0 spiro atoms. The Labute approximate surface area is 181 Å². The summed E-state index contributed by atoms with van der Waals surface area (Å²) in [6, 6.07) is 5.06. The summed E-state index contributed by atoms with van der Waals surface area (Å²) < 4.78 is 5.38. The number of morpholine rings is 1. The van der Waals surface area contributed by atoms with Crippen LogP contribution in [0.5, 0.6) is 0 Å². The van der Waals surface area contributed by atoms with E-state index in [0.717, 1.165) is 45.4 Å². The maximum Gasteiger partial charge on any atom is 0.277 e. The van der Waals surface area contributed by atoms with Gasteiger partial charge in [0, 0.05) is 49.9 Å². The molecule has 1 aromatic carbocycles. The second-order valence-corrected chi connectivity index (χ2v) is 8.46. The number of likely N-dealkylation sites (tertiary alicyclic amines) is 1. The highest BCUT2D eigenvalue weighted by molar-refractivity contribution is 6.41. The van der Waals surface area contributed by atoms with E-state index in [1.807, 2.05) is 0 Å². The summed E-state index contributed by atoms with van der Waals surface area (Å²) in [5.74, 6) is -0.487. The zero-order chi connectivity index (χ0) is 20.4. The van der Waals surface area contributed by atoms with Crippen LogP contribution in [0.1, 0.15) is 24.8 Å². The number of carbonyl (C=O) groups is 2. The first-order valence-electron chi connectivity index (χ1n) is 10.2. The normalized spacial score (nSPS) is 21.4. The molecule has 2 amide bonds. The predicted octanol–water partition coefficient (Wildman–Crippen LogP) is 2.89. The van der Waals surface area contributed by atoms with Crippen LogP contribution in [-0.4, -0.2) is 79.0 Å². The number of ether oxygens (including phenoxy) is 1. The van der Waals surface area contributed by atoms with Crippen LogP contribution in [0.2, 0.25) is 10.0 Å².